The van der Waals surface area contributed by atoms with Gasteiger partial charge >= 0.3 is 5.97 Å². The number of nitrogens with zero attached hydrogens (tertiary/aromatic N) is 2. The third kappa shape index (κ3) is 5.51. The average Bonchev–Trinajstić information content (AvgIpc) is 2.76. The highest BCUT2D eigenvalue weighted by Crippen LogP contribution is 2.26. The lowest BCUT2D eigenvalue weighted by atomic mass is 9.94. The molecule has 2 aromatic rings. The predicted octanol–water partition coefficient (Wildman–Crippen LogP) is 3.17. The van der Waals surface area contributed by atoms with Gasteiger partial charge in [-0.3, -0.25) is 4.79 Å². The fourth-order valence-electron chi connectivity index (χ4n) is 3.82. The SMILES string of the molecule is CC1CC(C)CN(S(=O)(=O)c2ccc(C(=O)OCC(=O)N(C)c3ccccc3)cc2)C1. The van der Waals surface area contributed by atoms with Crippen LogP contribution in [0, 0.1) is 11.8 Å². The first-order valence-electron chi connectivity index (χ1n) is 10.3. The molecule has 7 nitrogen and oxygen atoms in total. The van der Waals surface area contributed by atoms with Crippen LogP contribution in [0.1, 0.15) is 30.6 Å². The molecule has 0 spiro atoms. The van der Waals surface area contributed by atoms with Gasteiger partial charge in [-0.25, -0.2) is 13.2 Å². The average molecular weight is 445 g/mol. The zero-order valence-electron chi connectivity index (χ0n) is 18.0. The first-order valence-corrected chi connectivity index (χ1v) is 11.7. The van der Waals surface area contributed by atoms with Gasteiger partial charge in [0.05, 0.1) is 10.5 Å². The minimum absolute atomic E-state index is 0.144. The first-order chi connectivity index (χ1) is 14.7. The number of anilines is 1. The van der Waals surface area contributed by atoms with Crippen molar-refractivity contribution in [1.29, 1.82) is 0 Å². The van der Waals surface area contributed by atoms with E-state index in [0.29, 0.717) is 30.6 Å². The van der Waals surface area contributed by atoms with Gasteiger partial charge in [0, 0.05) is 25.8 Å². The van der Waals surface area contributed by atoms with Crippen LogP contribution in [0.15, 0.2) is 59.5 Å². The van der Waals surface area contributed by atoms with E-state index in [0.717, 1.165) is 6.42 Å². The molecular weight excluding hydrogens is 416 g/mol. The van der Waals surface area contributed by atoms with Gasteiger partial charge in [0.25, 0.3) is 5.91 Å². The molecule has 0 N–H and O–H groups in total. The summed E-state index contributed by atoms with van der Waals surface area (Å²) in [5.74, 6) is -0.440. The largest absolute Gasteiger partial charge is 0.452 e. The topological polar surface area (TPSA) is 84.0 Å². The Morgan fingerprint density at radius 1 is 1.00 bits per heavy atom. The van der Waals surface area contributed by atoms with Gasteiger partial charge in [-0.2, -0.15) is 4.31 Å². The van der Waals surface area contributed by atoms with Gasteiger partial charge in [-0.05, 0) is 54.7 Å². The molecule has 0 saturated carbocycles. The zero-order chi connectivity index (χ0) is 22.6. The van der Waals surface area contributed by atoms with Gasteiger partial charge in [0.1, 0.15) is 0 Å². The van der Waals surface area contributed by atoms with Gasteiger partial charge < -0.3 is 9.64 Å². The number of likely N-dealkylation sites (N-methyl/N-ethyl adjacent to an activating group) is 1. The van der Waals surface area contributed by atoms with Crippen LogP contribution in [0.3, 0.4) is 0 Å². The van der Waals surface area contributed by atoms with Crippen molar-refractivity contribution >= 4 is 27.6 Å². The fourth-order valence-corrected chi connectivity index (χ4v) is 5.50. The van der Waals surface area contributed by atoms with E-state index in [4.69, 9.17) is 4.74 Å². The summed E-state index contributed by atoms with van der Waals surface area (Å²) in [4.78, 5) is 26.1. The third-order valence-electron chi connectivity index (χ3n) is 5.41. The number of carbonyl (C=O) groups is 2. The van der Waals surface area contributed by atoms with Gasteiger partial charge in [-0.1, -0.05) is 32.0 Å². The van der Waals surface area contributed by atoms with Crippen LogP contribution in [-0.2, 0) is 19.6 Å². The molecule has 1 aliphatic rings. The molecule has 0 radical (unpaired) electrons. The van der Waals surface area contributed by atoms with Crippen molar-refractivity contribution in [2.24, 2.45) is 11.8 Å². The molecule has 0 aromatic heterocycles. The molecular formula is C23H28N2O5S. The summed E-state index contributed by atoms with van der Waals surface area (Å²) in [5, 5.41) is 0. The van der Waals surface area contributed by atoms with E-state index < -0.39 is 22.6 Å². The monoisotopic (exact) mass is 444 g/mol. The van der Waals surface area contributed by atoms with Crippen LogP contribution >= 0.6 is 0 Å². The molecule has 166 valence electrons. The molecule has 0 aliphatic carbocycles. The summed E-state index contributed by atoms with van der Waals surface area (Å²) in [6.45, 7) is 4.68. The molecule has 0 bridgehead atoms. The van der Waals surface area contributed by atoms with Crippen molar-refractivity contribution in [3.63, 3.8) is 0 Å². The van der Waals surface area contributed by atoms with Gasteiger partial charge in [-0.15, -0.1) is 0 Å². The normalized spacial score (nSPS) is 19.6. The van der Waals surface area contributed by atoms with Crippen LogP contribution in [0.25, 0.3) is 0 Å². The quantitative estimate of drug-likeness (QED) is 0.639. The lowest BCUT2D eigenvalue weighted by molar-refractivity contribution is -0.121. The van der Waals surface area contributed by atoms with Crippen LogP contribution in [0.5, 0.6) is 0 Å². The number of para-hydroxylation sites is 1. The number of carbonyl (C=O) groups excluding carboxylic acids is 2. The van der Waals surface area contributed by atoms with Crippen molar-refractivity contribution < 1.29 is 22.7 Å². The number of rotatable bonds is 6. The van der Waals surface area contributed by atoms with E-state index in [1.165, 1.54) is 33.5 Å². The molecule has 2 atom stereocenters. The van der Waals surface area contributed by atoms with Gasteiger partial charge in [0.2, 0.25) is 10.0 Å². The summed E-state index contributed by atoms with van der Waals surface area (Å²) in [6.07, 6.45) is 1.01. The Hall–Kier alpha value is -2.71. The van der Waals surface area contributed by atoms with Crippen LogP contribution in [-0.4, -0.2) is 51.3 Å². The lowest BCUT2D eigenvalue weighted by Crippen LogP contribution is -2.42. The molecule has 1 amide bonds. The van der Waals surface area contributed by atoms with E-state index in [2.05, 4.69) is 0 Å². The number of sulfonamides is 1. The maximum atomic E-state index is 12.9. The van der Waals surface area contributed by atoms with Crippen molar-refractivity contribution in [2.75, 3.05) is 31.6 Å². The number of benzene rings is 2. The summed E-state index contributed by atoms with van der Waals surface area (Å²) in [5.41, 5.74) is 0.883. The Kier molecular flexibility index (Phi) is 7.12. The number of esters is 1. The number of ether oxygens (including phenoxy) is 1. The second-order valence-electron chi connectivity index (χ2n) is 8.16. The zero-order valence-corrected chi connectivity index (χ0v) is 18.8. The summed E-state index contributed by atoms with van der Waals surface area (Å²) >= 11 is 0. The smallest absolute Gasteiger partial charge is 0.338 e. The standard InChI is InChI=1S/C23H28N2O5S/c1-17-13-18(2)15-25(14-17)31(28,29)21-11-9-19(10-12-21)23(27)30-16-22(26)24(3)20-7-5-4-6-8-20/h4-12,17-18H,13-16H2,1-3H3. The molecule has 8 heteroatoms. The molecule has 31 heavy (non-hydrogen) atoms. The van der Waals surface area contributed by atoms with E-state index in [1.807, 2.05) is 32.0 Å². The van der Waals surface area contributed by atoms with Crippen molar-refractivity contribution in [1.82, 2.24) is 4.31 Å². The van der Waals surface area contributed by atoms with Crippen LogP contribution in [0.2, 0.25) is 0 Å². The van der Waals surface area contributed by atoms with Crippen molar-refractivity contribution in [2.45, 2.75) is 25.2 Å². The van der Waals surface area contributed by atoms with Gasteiger partial charge in [0.15, 0.2) is 6.61 Å². The Morgan fingerprint density at radius 3 is 2.16 bits per heavy atom. The highest BCUT2D eigenvalue weighted by atomic mass is 32.2. The summed E-state index contributed by atoms with van der Waals surface area (Å²) in [7, 11) is -2.01. The third-order valence-corrected chi connectivity index (χ3v) is 7.25. The molecule has 1 saturated heterocycles. The Bertz CT molecular complexity index is 1010. The maximum Gasteiger partial charge on any atom is 0.338 e. The van der Waals surface area contributed by atoms with Crippen LogP contribution < -0.4 is 4.90 Å². The summed E-state index contributed by atoms with van der Waals surface area (Å²) in [6, 6.07) is 14.7. The maximum absolute atomic E-state index is 12.9. The second-order valence-corrected chi connectivity index (χ2v) is 10.1. The highest BCUT2D eigenvalue weighted by Gasteiger charge is 2.31. The number of hydrogen-bond acceptors (Lipinski definition) is 5. The first kappa shape index (κ1) is 23.0. The van der Waals surface area contributed by atoms with E-state index >= 15 is 0 Å². The minimum Gasteiger partial charge on any atom is -0.452 e. The number of amides is 1. The Morgan fingerprint density at radius 2 is 1.58 bits per heavy atom. The number of hydrogen-bond donors (Lipinski definition) is 0. The Labute approximate surface area is 183 Å². The van der Waals surface area contributed by atoms with Crippen LogP contribution in [0.4, 0.5) is 5.69 Å². The molecule has 2 aromatic carbocycles. The molecule has 2 unspecified atom stereocenters. The molecule has 1 heterocycles. The predicted molar refractivity (Wildman–Crippen MR) is 118 cm³/mol. The number of piperidine rings is 1. The Balaban J connectivity index is 1.61. The summed E-state index contributed by atoms with van der Waals surface area (Å²) < 4.78 is 32.5. The molecule has 3 rings (SSSR count). The van der Waals surface area contributed by atoms with E-state index in [1.54, 1.807) is 19.2 Å². The van der Waals surface area contributed by atoms with Crippen molar-refractivity contribution in [3.8, 4) is 0 Å². The van der Waals surface area contributed by atoms with E-state index in [-0.39, 0.29) is 16.4 Å². The van der Waals surface area contributed by atoms with Crippen molar-refractivity contribution in [3.05, 3.63) is 60.2 Å². The van der Waals surface area contributed by atoms with E-state index in [9.17, 15) is 18.0 Å². The lowest BCUT2D eigenvalue weighted by Gasteiger charge is -2.34. The minimum atomic E-state index is -3.62. The molecule has 1 fully saturated rings. The highest BCUT2D eigenvalue weighted by molar-refractivity contribution is 7.89. The fraction of sp³-hybridized carbons (Fsp3) is 0.391. The molecule has 1 aliphatic heterocycles. The second kappa shape index (κ2) is 9.62.